The van der Waals surface area contributed by atoms with Gasteiger partial charge in [-0.25, -0.2) is 8.42 Å². The van der Waals surface area contributed by atoms with Gasteiger partial charge in [0.1, 0.15) is 0 Å². The van der Waals surface area contributed by atoms with E-state index >= 15 is 0 Å². The molecule has 0 heterocycles. The fraction of sp³-hybridized carbons (Fsp3) is 0.533. The van der Waals surface area contributed by atoms with Gasteiger partial charge in [0, 0.05) is 31.0 Å². The van der Waals surface area contributed by atoms with Crippen molar-refractivity contribution in [2.75, 3.05) is 30.4 Å². The number of carbonyl (C=O) groups is 1. The van der Waals surface area contributed by atoms with Crippen LogP contribution in [0.1, 0.15) is 25.8 Å². The Kier molecular flexibility index (Phi) is 7.38. The van der Waals surface area contributed by atoms with E-state index in [0.717, 1.165) is 5.75 Å². The lowest BCUT2D eigenvalue weighted by atomic mass is 10.2. The SMILES string of the molecule is CCN(CC)S(=O)(=O)c1cc(NC(=O)CCSC)ccc1C. The van der Waals surface area contributed by atoms with Crippen molar-refractivity contribution < 1.29 is 13.2 Å². The molecular weight excluding hydrogens is 320 g/mol. The molecule has 5 nitrogen and oxygen atoms in total. The number of sulfonamides is 1. The number of nitrogens with zero attached hydrogens (tertiary/aromatic N) is 1. The normalized spacial score (nSPS) is 11.7. The number of carbonyl (C=O) groups excluding carboxylic acids is 1. The second-order valence-corrected chi connectivity index (χ2v) is 7.75. The van der Waals surface area contributed by atoms with Gasteiger partial charge < -0.3 is 5.32 Å². The molecule has 0 aliphatic carbocycles. The zero-order valence-corrected chi connectivity index (χ0v) is 15.2. The average Bonchev–Trinajstić information content (AvgIpc) is 2.48. The molecule has 7 heteroatoms. The van der Waals surface area contributed by atoms with Gasteiger partial charge in [-0.1, -0.05) is 19.9 Å². The monoisotopic (exact) mass is 344 g/mol. The molecular formula is C15H24N2O3S2. The van der Waals surface area contributed by atoms with Gasteiger partial charge in [0.25, 0.3) is 0 Å². The van der Waals surface area contributed by atoms with Crippen LogP contribution in [0.25, 0.3) is 0 Å². The minimum atomic E-state index is -3.53. The maximum Gasteiger partial charge on any atom is 0.243 e. The van der Waals surface area contributed by atoms with Crippen molar-refractivity contribution in [3.05, 3.63) is 23.8 Å². The van der Waals surface area contributed by atoms with E-state index in [-0.39, 0.29) is 10.8 Å². The third-order valence-corrected chi connectivity index (χ3v) is 6.13. The van der Waals surface area contributed by atoms with E-state index in [9.17, 15) is 13.2 Å². The fourth-order valence-corrected chi connectivity index (χ4v) is 4.17. The first-order chi connectivity index (χ1) is 10.4. The molecule has 0 bridgehead atoms. The molecule has 0 fully saturated rings. The summed E-state index contributed by atoms with van der Waals surface area (Å²) in [7, 11) is -3.53. The standard InChI is InChI=1S/C15H24N2O3S2/c1-5-17(6-2)22(19,20)14-11-13(8-7-12(14)3)16-15(18)9-10-21-4/h7-8,11H,5-6,9-10H2,1-4H3,(H,16,18). The molecule has 22 heavy (non-hydrogen) atoms. The predicted molar refractivity (Wildman–Crippen MR) is 92.9 cm³/mol. The minimum Gasteiger partial charge on any atom is -0.326 e. The van der Waals surface area contributed by atoms with Crippen molar-refractivity contribution in [2.24, 2.45) is 0 Å². The average molecular weight is 345 g/mol. The van der Waals surface area contributed by atoms with Gasteiger partial charge in [0.05, 0.1) is 4.90 Å². The van der Waals surface area contributed by atoms with Crippen molar-refractivity contribution in [1.82, 2.24) is 4.31 Å². The number of aryl methyl sites for hydroxylation is 1. The molecule has 0 atom stereocenters. The summed E-state index contributed by atoms with van der Waals surface area (Å²) in [4.78, 5) is 12.0. The quantitative estimate of drug-likeness (QED) is 0.787. The smallest absolute Gasteiger partial charge is 0.243 e. The Morgan fingerprint density at radius 3 is 2.45 bits per heavy atom. The summed E-state index contributed by atoms with van der Waals surface area (Å²) in [6, 6.07) is 4.99. The molecule has 0 aromatic heterocycles. The molecule has 0 radical (unpaired) electrons. The van der Waals surface area contributed by atoms with E-state index in [4.69, 9.17) is 0 Å². The summed E-state index contributed by atoms with van der Waals surface area (Å²) < 4.78 is 26.7. The lowest BCUT2D eigenvalue weighted by Crippen LogP contribution is -2.31. The van der Waals surface area contributed by atoms with Gasteiger partial charge in [-0.2, -0.15) is 16.1 Å². The highest BCUT2D eigenvalue weighted by Crippen LogP contribution is 2.23. The van der Waals surface area contributed by atoms with Crippen LogP contribution in [0.3, 0.4) is 0 Å². The van der Waals surface area contributed by atoms with Crippen molar-refractivity contribution in [3.8, 4) is 0 Å². The van der Waals surface area contributed by atoms with Crippen LogP contribution in [-0.4, -0.2) is 43.7 Å². The van der Waals surface area contributed by atoms with Crippen LogP contribution >= 0.6 is 11.8 Å². The van der Waals surface area contributed by atoms with Gasteiger partial charge >= 0.3 is 0 Å². The lowest BCUT2D eigenvalue weighted by Gasteiger charge is -2.20. The Labute approximate surface area is 137 Å². The predicted octanol–water partition coefficient (Wildman–Crippen LogP) is 2.72. The second-order valence-electron chi connectivity index (χ2n) is 4.86. The number of nitrogens with one attached hydrogen (secondary N) is 1. The first-order valence-electron chi connectivity index (χ1n) is 7.26. The van der Waals surface area contributed by atoms with E-state index in [2.05, 4.69) is 5.32 Å². The number of anilines is 1. The van der Waals surface area contributed by atoms with Crippen LogP contribution < -0.4 is 5.32 Å². The highest BCUT2D eigenvalue weighted by Gasteiger charge is 2.23. The van der Waals surface area contributed by atoms with E-state index in [0.29, 0.717) is 30.8 Å². The molecule has 1 aromatic rings. The maximum atomic E-state index is 12.6. The number of amides is 1. The molecule has 1 aromatic carbocycles. The summed E-state index contributed by atoms with van der Waals surface area (Å²) in [5, 5.41) is 2.76. The largest absolute Gasteiger partial charge is 0.326 e. The van der Waals surface area contributed by atoms with E-state index in [1.165, 1.54) is 4.31 Å². The topological polar surface area (TPSA) is 66.5 Å². The maximum absolute atomic E-state index is 12.6. The van der Waals surface area contributed by atoms with E-state index in [1.54, 1.807) is 36.9 Å². The fourth-order valence-electron chi connectivity index (χ4n) is 2.08. The second kappa shape index (κ2) is 8.55. The first kappa shape index (κ1) is 19.0. The third kappa shape index (κ3) is 4.72. The van der Waals surface area contributed by atoms with Gasteiger partial charge in [-0.05, 0) is 30.9 Å². The molecule has 0 saturated carbocycles. The minimum absolute atomic E-state index is 0.107. The van der Waals surface area contributed by atoms with Gasteiger partial charge in [-0.15, -0.1) is 0 Å². The summed E-state index contributed by atoms with van der Waals surface area (Å²) in [6.45, 7) is 6.22. The Hall–Kier alpha value is -1.05. The molecule has 0 aliphatic rings. The number of rotatable bonds is 8. The molecule has 0 unspecified atom stereocenters. The summed E-state index contributed by atoms with van der Waals surface area (Å²) in [5.74, 6) is 0.631. The molecule has 124 valence electrons. The highest BCUT2D eigenvalue weighted by molar-refractivity contribution is 7.98. The zero-order chi connectivity index (χ0) is 16.8. The number of hydrogen-bond donors (Lipinski definition) is 1. The van der Waals surface area contributed by atoms with Gasteiger partial charge in [0.15, 0.2) is 0 Å². The van der Waals surface area contributed by atoms with Crippen LogP contribution in [0.15, 0.2) is 23.1 Å². The van der Waals surface area contributed by atoms with Crippen LogP contribution in [0.2, 0.25) is 0 Å². The van der Waals surface area contributed by atoms with E-state index < -0.39 is 10.0 Å². The van der Waals surface area contributed by atoms with Crippen molar-refractivity contribution >= 4 is 33.4 Å². The lowest BCUT2D eigenvalue weighted by molar-refractivity contribution is -0.115. The number of hydrogen-bond acceptors (Lipinski definition) is 4. The number of benzene rings is 1. The number of thioether (sulfide) groups is 1. The summed E-state index contributed by atoms with van der Waals surface area (Å²) >= 11 is 1.60. The first-order valence-corrected chi connectivity index (χ1v) is 10.1. The molecule has 0 aliphatic heterocycles. The van der Waals surface area contributed by atoms with Crippen LogP contribution in [0.5, 0.6) is 0 Å². The molecule has 0 saturated heterocycles. The Balaban J connectivity index is 3.07. The van der Waals surface area contributed by atoms with Crippen molar-refractivity contribution in [2.45, 2.75) is 32.1 Å². The summed E-state index contributed by atoms with van der Waals surface area (Å²) in [6.07, 6.45) is 2.35. The van der Waals surface area contributed by atoms with Crippen molar-refractivity contribution in [1.29, 1.82) is 0 Å². The van der Waals surface area contributed by atoms with E-state index in [1.807, 2.05) is 20.1 Å². The van der Waals surface area contributed by atoms with Gasteiger partial charge in [-0.3, -0.25) is 4.79 Å². The zero-order valence-electron chi connectivity index (χ0n) is 13.5. The third-order valence-electron chi connectivity index (χ3n) is 3.33. The summed E-state index contributed by atoms with van der Waals surface area (Å²) in [5.41, 5.74) is 1.19. The Morgan fingerprint density at radius 1 is 1.27 bits per heavy atom. The van der Waals surface area contributed by atoms with Crippen molar-refractivity contribution in [3.63, 3.8) is 0 Å². The molecule has 0 spiro atoms. The Morgan fingerprint density at radius 2 is 1.91 bits per heavy atom. The van der Waals surface area contributed by atoms with Gasteiger partial charge in [0.2, 0.25) is 15.9 Å². The molecule has 1 amide bonds. The van der Waals surface area contributed by atoms with Crippen LogP contribution in [0.4, 0.5) is 5.69 Å². The van der Waals surface area contributed by atoms with Crippen LogP contribution in [0, 0.1) is 6.92 Å². The molecule has 1 rings (SSSR count). The highest BCUT2D eigenvalue weighted by atomic mass is 32.2. The van der Waals surface area contributed by atoms with Crippen LogP contribution in [-0.2, 0) is 14.8 Å². The molecule has 1 N–H and O–H groups in total. The Bertz CT molecular complexity index is 611.